The van der Waals surface area contributed by atoms with Crippen molar-refractivity contribution in [3.63, 3.8) is 0 Å². The van der Waals surface area contributed by atoms with E-state index in [2.05, 4.69) is 22.0 Å². The van der Waals surface area contributed by atoms with Gasteiger partial charge in [-0.2, -0.15) is 5.26 Å². The minimum atomic E-state index is -0.291. The van der Waals surface area contributed by atoms with Gasteiger partial charge < -0.3 is 9.47 Å². The van der Waals surface area contributed by atoms with Crippen molar-refractivity contribution < 1.29 is 9.47 Å². The first kappa shape index (κ1) is 16.8. The summed E-state index contributed by atoms with van der Waals surface area (Å²) in [6.45, 7) is 7.06. The smallest absolute Gasteiger partial charge is 0.165 e. The number of hydrogen-bond donors (Lipinski definition) is 0. The molecule has 1 aromatic rings. The molecule has 0 fully saturated rings. The highest BCUT2D eigenvalue weighted by Crippen LogP contribution is 2.33. The Labute approximate surface area is 130 Å². The van der Waals surface area contributed by atoms with Gasteiger partial charge in [-0.3, -0.25) is 0 Å². The summed E-state index contributed by atoms with van der Waals surface area (Å²) in [4.78, 5) is 0. The molecule has 0 radical (unpaired) electrons. The van der Waals surface area contributed by atoms with E-state index in [9.17, 15) is 0 Å². The number of para-hydroxylation sites is 1. The topological polar surface area (TPSA) is 42.2 Å². The standard InChI is InChI=1S/C16H22BrNO2/c1-4-19-14-8-5-7-13(11-17)15(14)20-10-6-9-16(2,3)12-18/h5,7-8H,4,6,9-11H2,1-3H3. The van der Waals surface area contributed by atoms with Gasteiger partial charge in [-0.1, -0.05) is 28.1 Å². The largest absolute Gasteiger partial charge is 0.490 e. The van der Waals surface area contributed by atoms with Crippen LogP contribution in [0, 0.1) is 16.7 Å². The maximum absolute atomic E-state index is 8.99. The van der Waals surface area contributed by atoms with Gasteiger partial charge in [-0.05, 0) is 39.7 Å². The van der Waals surface area contributed by atoms with Gasteiger partial charge >= 0.3 is 0 Å². The van der Waals surface area contributed by atoms with E-state index < -0.39 is 0 Å². The molecule has 20 heavy (non-hydrogen) atoms. The highest BCUT2D eigenvalue weighted by molar-refractivity contribution is 9.08. The molecule has 0 N–H and O–H groups in total. The van der Waals surface area contributed by atoms with Crippen LogP contribution in [0.5, 0.6) is 11.5 Å². The van der Waals surface area contributed by atoms with Crippen molar-refractivity contribution in [2.75, 3.05) is 13.2 Å². The molecular formula is C16H22BrNO2. The normalized spacial score (nSPS) is 10.9. The number of ether oxygens (including phenoxy) is 2. The highest BCUT2D eigenvalue weighted by atomic mass is 79.9. The summed E-state index contributed by atoms with van der Waals surface area (Å²) in [5.74, 6) is 1.59. The van der Waals surface area contributed by atoms with Crippen LogP contribution in [0.2, 0.25) is 0 Å². The Balaban J connectivity index is 2.65. The number of nitrogens with zero attached hydrogens (tertiary/aromatic N) is 1. The number of rotatable bonds is 8. The van der Waals surface area contributed by atoms with Crippen LogP contribution >= 0.6 is 15.9 Å². The fourth-order valence-corrected chi connectivity index (χ4v) is 2.29. The molecule has 1 aromatic carbocycles. The van der Waals surface area contributed by atoms with Crippen LogP contribution in [0.3, 0.4) is 0 Å². The lowest BCUT2D eigenvalue weighted by Crippen LogP contribution is -2.10. The van der Waals surface area contributed by atoms with Gasteiger partial charge in [-0.25, -0.2) is 0 Å². The molecule has 0 heterocycles. The Hall–Kier alpha value is -1.21. The number of hydrogen-bond acceptors (Lipinski definition) is 3. The zero-order valence-corrected chi connectivity index (χ0v) is 14.0. The summed E-state index contributed by atoms with van der Waals surface area (Å²) < 4.78 is 11.5. The molecule has 4 heteroatoms. The third-order valence-corrected chi connectivity index (χ3v) is 3.60. The Bertz CT molecular complexity index is 466. The van der Waals surface area contributed by atoms with E-state index in [4.69, 9.17) is 14.7 Å². The number of halogens is 1. The monoisotopic (exact) mass is 339 g/mol. The van der Waals surface area contributed by atoms with E-state index in [-0.39, 0.29) is 5.41 Å². The van der Waals surface area contributed by atoms with Crippen LogP contribution in [0.25, 0.3) is 0 Å². The molecule has 0 bridgehead atoms. The molecule has 0 aliphatic carbocycles. The van der Waals surface area contributed by atoms with E-state index in [1.165, 1.54) is 0 Å². The zero-order valence-electron chi connectivity index (χ0n) is 12.4. The van der Waals surface area contributed by atoms with Gasteiger partial charge in [0.25, 0.3) is 0 Å². The Morgan fingerprint density at radius 3 is 2.65 bits per heavy atom. The predicted molar refractivity (Wildman–Crippen MR) is 84.4 cm³/mol. The van der Waals surface area contributed by atoms with Gasteiger partial charge in [0.2, 0.25) is 0 Å². The summed E-state index contributed by atoms with van der Waals surface area (Å²) in [7, 11) is 0. The maximum Gasteiger partial charge on any atom is 0.165 e. The summed E-state index contributed by atoms with van der Waals surface area (Å²) in [6.07, 6.45) is 1.67. The van der Waals surface area contributed by atoms with Crippen LogP contribution in [-0.4, -0.2) is 13.2 Å². The van der Waals surface area contributed by atoms with Gasteiger partial charge in [0.05, 0.1) is 24.7 Å². The first-order valence-electron chi connectivity index (χ1n) is 6.88. The lowest BCUT2D eigenvalue weighted by Gasteiger charge is -2.17. The van der Waals surface area contributed by atoms with Crippen molar-refractivity contribution in [3.8, 4) is 17.6 Å². The van der Waals surface area contributed by atoms with E-state index in [1.54, 1.807) is 0 Å². The van der Waals surface area contributed by atoms with Crippen molar-refractivity contribution in [2.24, 2.45) is 5.41 Å². The van der Waals surface area contributed by atoms with Crippen molar-refractivity contribution in [1.29, 1.82) is 5.26 Å². The summed E-state index contributed by atoms with van der Waals surface area (Å²) in [6, 6.07) is 8.21. The van der Waals surface area contributed by atoms with Gasteiger partial charge in [0.1, 0.15) is 0 Å². The van der Waals surface area contributed by atoms with Crippen LogP contribution in [0.15, 0.2) is 18.2 Å². The first-order valence-corrected chi connectivity index (χ1v) is 8.01. The van der Waals surface area contributed by atoms with Gasteiger partial charge in [0, 0.05) is 10.9 Å². The number of nitriles is 1. The van der Waals surface area contributed by atoms with Crippen molar-refractivity contribution >= 4 is 15.9 Å². The molecule has 1 rings (SSSR count). The molecule has 0 aromatic heterocycles. The minimum absolute atomic E-state index is 0.291. The lowest BCUT2D eigenvalue weighted by molar-refractivity contribution is 0.258. The molecule has 0 atom stereocenters. The summed E-state index contributed by atoms with van der Waals surface area (Å²) >= 11 is 3.47. The van der Waals surface area contributed by atoms with Crippen molar-refractivity contribution in [2.45, 2.75) is 38.9 Å². The first-order chi connectivity index (χ1) is 9.54. The van der Waals surface area contributed by atoms with E-state index in [1.807, 2.05) is 39.0 Å². The molecular weight excluding hydrogens is 318 g/mol. The molecule has 110 valence electrons. The Morgan fingerprint density at radius 1 is 1.30 bits per heavy atom. The summed E-state index contributed by atoms with van der Waals surface area (Å²) in [5.41, 5.74) is 0.789. The molecule has 3 nitrogen and oxygen atoms in total. The number of alkyl halides is 1. The van der Waals surface area contributed by atoms with E-state index >= 15 is 0 Å². The SMILES string of the molecule is CCOc1cccc(CBr)c1OCCCC(C)(C)C#N. The minimum Gasteiger partial charge on any atom is -0.490 e. The molecule has 0 saturated heterocycles. The fraction of sp³-hybridized carbons (Fsp3) is 0.562. The second-order valence-electron chi connectivity index (χ2n) is 5.26. The molecule has 0 aliphatic rings. The second kappa shape index (κ2) is 8.16. The van der Waals surface area contributed by atoms with Crippen molar-refractivity contribution in [3.05, 3.63) is 23.8 Å². The number of benzene rings is 1. The molecule has 0 amide bonds. The van der Waals surface area contributed by atoms with Crippen LogP contribution in [0.4, 0.5) is 0 Å². The van der Waals surface area contributed by atoms with Gasteiger partial charge in [-0.15, -0.1) is 0 Å². The average Bonchev–Trinajstić information content (AvgIpc) is 2.45. The maximum atomic E-state index is 8.99. The van der Waals surface area contributed by atoms with E-state index in [0.29, 0.717) is 13.2 Å². The Morgan fingerprint density at radius 2 is 2.05 bits per heavy atom. The molecule has 0 spiro atoms. The van der Waals surface area contributed by atoms with Crippen LogP contribution < -0.4 is 9.47 Å². The third-order valence-electron chi connectivity index (χ3n) is 3.00. The Kier molecular flexibility index (Phi) is 6.87. The zero-order chi connectivity index (χ0) is 15.0. The van der Waals surface area contributed by atoms with Crippen LogP contribution in [-0.2, 0) is 5.33 Å². The third kappa shape index (κ3) is 5.05. The average molecular weight is 340 g/mol. The van der Waals surface area contributed by atoms with Crippen molar-refractivity contribution in [1.82, 2.24) is 0 Å². The summed E-state index contributed by atoms with van der Waals surface area (Å²) in [5, 5.41) is 9.72. The highest BCUT2D eigenvalue weighted by Gasteiger charge is 2.16. The van der Waals surface area contributed by atoms with Crippen LogP contribution in [0.1, 0.15) is 39.2 Å². The van der Waals surface area contributed by atoms with E-state index in [0.717, 1.165) is 35.2 Å². The van der Waals surface area contributed by atoms with Gasteiger partial charge in [0.15, 0.2) is 11.5 Å². The molecule has 0 saturated carbocycles. The molecule has 0 unspecified atom stereocenters. The quantitative estimate of drug-likeness (QED) is 0.509. The fourth-order valence-electron chi connectivity index (χ4n) is 1.84. The lowest BCUT2D eigenvalue weighted by atomic mass is 9.90. The predicted octanol–water partition coefficient (Wildman–Crippen LogP) is 4.69. The molecule has 0 aliphatic heterocycles. The second-order valence-corrected chi connectivity index (χ2v) is 5.82.